The fraction of sp³-hybridized carbons (Fsp3) is 0.214. The fourth-order valence-corrected chi connectivity index (χ4v) is 3.27. The molecule has 0 radical (unpaired) electrons. The number of halogens is 5. The van der Waals surface area contributed by atoms with Crippen LogP contribution in [0, 0.1) is 0 Å². The van der Waals surface area contributed by atoms with Crippen molar-refractivity contribution in [1.29, 1.82) is 0 Å². The number of aliphatic carboxylic acids is 1. The molecule has 0 atom stereocenters. The Balaban J connectivity index is 2.58. The van der Waals surface area contributed by atoms with E-state index in [-0.39, 0.29) is 27.1 Å². The molecular weight excluding hydrogens is 404 g/mol. The molecule has 0 saturated heterocycles. The molecule has 11 heteroatoms. The average Bonchev–Trinajstić information content (AvgIpc) is 2.47. The molecule has 134 valence electrons. The first-order valence-corrected chi connectivity index (χ1v) is 8.24. The quantitative estimate of drug-likeness (QED) is 0.769. The zero-order valence-electron chi connectivity index (χ0n) is 12.4. The summed E-state index contributed by atoms with van der Waals surface area (Å²) in [6.07, 6.45) is -4.73. The van der Waals surface area contributed by atoms with Crippen LogP contribution in [0.15, 0.2) is 27.9 Å². The van der Waals surface area contributed by atoms with Crippen LogP contribution in [0.3, 0.4) is 0 Å². The zero-order chi connectivity index (χ0) is 18.9. The number of carboxylic acids is 1. The van der Waals surface area contributed by atoms with Crippen LogP contribution < -0.4 is 5.43 Å². The number of carbonyl (C=O) groups is 1. The van der Waals surface area contributed by atoms with Gasteiger partial charge >= 0.3 is 12.1 Å². The standard InChI is InChI=1S/C14H9Cl2F3N2O3S/c1-21-11(14(17,18)19)4-9(22)13(20-21)6-2-10(25-5-12(23)24)8(16)3-7(6)15/h2-4H,5H2,1H3,(H,23,24). The van der Waals surface area contributed by atoms with Gasteiger partial charge in [0.25, 0.3) is 0 Å². The van der Waals surface area contributed by atoms with Gasteiger partial charge in [0.1, 0.15) is 11.4 Å². The van der Waals surface area contributed by atoms with Crippen LogP contribution in [-0.2, 0) is 18.0 Å². The SMILES string of the molecule is Cn1nc(-c2cc(SCC(=O)O)c(Cl)cc2Cl)c(=O)cc1C(F)(F)F. The predicted octanol–water partition coefficient (Wildman–Crippen LogP) is 3.95. The Morgan fingerprint density at radius 2 is 1.92 bits per heavy atom. The highest BCUT2D eigenvalue weighted by molar-refractivity contribution is 8.00. The number of alkyl halides is 3. The topological polar surface area (TPSA) is 72.2 Å². The molecule has 0 fully saturated rings. The maximum atomic E-state index is 12.8. The van der Waals surface area contributed by atoms with Gasteiger partial charge in [0, 0.05) is 23.6 Å². The minimum absolute atomic E-state index is 0.00836. The van der Waals surface area contributed by atoms with Gasteiger partial charge in [-0.2, -0.15) is 18.3 Å². The van der Waals surface area contributed by atoms with Crippen LogP contribution in [-0.4, -0.2) is 26.6 Å². The molecule has 25 heavy (non-hydrogen) atoms. The lowest BCUT2D eigenvalue weighted by atomic mass is 10.1. The Morgan fingerprint density at radius 3 is 2.48 bits per heavy atom. The van der Waals surface area contributed by atoms with E-state index >= 15 is 0 Å². The van der Waals surface area contributed by atoms with E-state index in [4.69, 9.17) is 28.3 Å². The molecule has 1 N–H and O–H groups in total. The number of thioether (sulfide) groups is 1. The molecule has 0 saturated carbocycles. The summed E-state index contributed by atoms with van der Waals surface area (Å²) in [7, 11) is 1.05. The summed E-state index contributed by atoms with van der Waals surface area (Å²) in [5.41, 5.74) is -2.40. The normalized spacial score (nSPS) is 11.6. The molecule has 2 rings (SSSR count). The number of carboxylic acid groups (broad SMARTS) is 1. The van der Waals surface area contributed by atoms with E-state index in [0.717, 1.165) is 18.8 Å². The van der Waals surface area contributed by atoms with Gasteiger partial charge in [-0.3, -0.25) is 14.3 Å². The summed E-state index contributed by atoms with van der Waals surface area (Å²) in [6.45, 7) is 0. The first-order valence-electron chi connectivity index (χ1n) is 6.50. The Morgan fingerprint density at radius 1 is 1.28 bits per heavy atom. The number of nitrogens with zero attached hydrogens (tertiary/aromatic N) is 2. The van der Waals surface area contributed by atoms with Gasteiger partial charge in [-0.15, -0.1) is 11.8 Å². The monoisotopic (exact) mass is 412 g/mol. The molecule has 0 aliphatic rings. The minimum atomic E-state index is -4.73. The van der Waals surface area contributed by atoms with Gasteiger partial charge in [-0.25, -0.2) is 0 Å². The van der Waals surface area contributed by atoms with Gasteiger partial charge in [-0.1, -0.05) is 23.2 Å². The van der Waals surface area contributed by atoms with Crippen molar-refractivity contribution in [2.45, 2.75) is 11.1 Å². The predicted molar refractivity (Wildman–Crippen MR) is 88.3 cm³/mol. The number of hydrogen-bond acceptors (Lipinski definition) is 4. The van der Waals surface area contributed by atoms with Crippen molar-refractivity contribution in [3.63, 3.8) is 0 Å². The molecule has 0 spiro atoms. The number of hydrogen-bond donors (Lipinski definition) is 1. The van der Waals surface area contributed by atoms with Crippen LogP contribution in [0.1, 0.15) is 5.69 Å². The summed E-state index contributed by atoms with van der Waals surface area (Å²) in [4.78, 5) is 23.1. The lowest BCUT2D eigenvalue weighted by Gasteiger charge is -2.13. The van der Waals surface area contributed by atoms with Crippen molar-refractivity contribution in [3.05, 3.63) is 44.2 Å². The summed E-state index contributed by atoms with van der Waals surface area (Å²) in [6, 6.07) is 3.04. The Kier molecular flexibility index (Phi) is 5.70. The number of benzene rings is 1. The fourth-order valence-electron chi connectivity index (χ4n) is 1.95. The van der Waals surface area contributed by atoms with E-state index in [1.807, 2.05) is 0 Å². The molecule has 2 aromatic rings. The van der Waals surface area contributed by atoms with Crippen LogP contribution in [0.4, 0.5) is 13.2 Å². The molecule has 1 aromatic carbocycles. The second-order valence-corrected chi connectivity index (χ2v) is 6.64. The van der Waals surface area contributed by atoms with E-state index < -0.39 is 23.3 Å². The summed E-state index contributed by atoms with van der Waals surface area (Å²) < 4.78 is 39.0. The maximum Gasteiger partial charge on any atom is 0.433 e. The maximum absolute atomic E-state index is 12.8. The molecule has 0 bridgehead atoms. The second kappa shape index (κ2) is 7.27. The molecule has 0 aliphatic carbocycles. The van der Waals surface area contributed by atoms with Crippen molar-refractivity contribution in [3.8, 4) is 11.3 Å². The van der Waals surface area contributed by atoms with E-state index in [2.05, 4.69) is 5.10 Å². The highest BCUT2D eigenvalue weighted by atomic mass is 35.5. The summed E-state index contributed by atoms with van der Waals surface area (Å²) in [5.74, 6) is -1.37. The van der Waals surface area contributed by atoms with Crippen molar-refractivity contribution in [2.75, 3.05) is 5.75 Å². The molecule has 5 nitrogen and oxygen atoms in total. The number of rotatable bonds is 4. The number of aryl methyl sites for hydroxylation is 1. The van der Waals surface area contributed by atoms with Gasteiger partial charge in [0.15, 0.2) is 0 Å². The average molecular weight is 413 g/mol. The number of aromatic nitrogens is 2. The molecule has 0 aliphatic heterocycles. The van der Waals surface area contributed by atoms with Crippen LogP contribution in [0.2, 0.25) is 10.0 Å². The lowest BCUT2D eigenvalue weighted by molar-refractivity contribution is -0.144. The Hall–Kier alpha value is -1.71. The summed E-state index contributed by atoms with van der Waals surface area (Å²) in [5, 5.41) is 12.6. The second-order valence-electron chi connectivity index (χ2n) is 4.81. The highest BCUT2D eigenvalue weighted by Gasteiger charge is 2.34. The smallest absolute Gasteiger partial charge is 0.433 e. The van der Waals surface area contributed by atoms with Gasteiger partial charge in [0.2, 0.25) is 5.43 Å². The zero-order valence-corrected chi connectivity index (χ0v) is 14.7. The molecule has 0 unspecified atom stereocenters. The third kappa shape index (κ3) is 4.47. The molecule has 1 aromatic heterocycles. The van der Waals surface area contributed by atoms with Gasteiger partial charge in [0.05, 0.1) is 15.8 Å². The third-order valence-corrected chi connectivity index (χ3v) is 4.80. The minimum Gasteiger partial charge on any atom is -0.481 e. The molecule has 0 amide bonds. The Bertz CT molecular complexity index is 900. The van der Waals surface area contributed by atoms with Crippen molar-refractivity contribution < 1.29 is 23.1 Å². The largest absolute Gasteiger partial charge is 0.481 e. The van der Waals surface area contributed by atoms with Gasteiger partial charge in [-0.05, 0) is 12.1 Å². The van der Waals surface area contributed by atoms with Crippen LogP contribution in [0.5, 0.6) is 0 Å². The first-order chi connectivity index (χ1) is 11.5. The van der Waals surface area contributed by atoms with Crippen molar-refractivity contribution in [1.82, 2.24) is 9.78 Å². The highest BCUT2D eigenvalue weighted by Crippen LogP contribution is 2.36. The van der Waals surface area contributed by atoms with Crippen molar-refractivity contribution in [2.24, 2.45) is 7.05 Å². The summed E-state index contributed by atoms with van der Waals surface area (Å²) >= 11 is 12.9. The van der Waals surface area contributed by atoms with E-state index in [9.17, 15) is 22.8 Å². The van der Waals surface area contributed by atoms with Crippen LogP contribution in [0.25, 0.3) is 11.3 Å². The van der Waals surface area contributed by atoms with E-state index in [1.165, 1.54) is 12.1 Å². The van der Waals surface area contributed by atoms with E-state index in [1.54, 1.807) is 0 Å². The van der Waals surface area contributed by atoms with Crippen molar-refractivity contribution >= 4 is 40.9 Å². The molecular formula is C14H9Cl2F3N2O3S. The Labute approximate surface area is 153 Å². The first kappa shape index (κ1) is 19.6. The van der Waals surface area contributed by atoms with Gasteiger partial charge < -0.3 is 5.11 Å². The lowest BCUT2D eigenvalue weighted by Crippen LogP contribution is -2.22. The van der Waals surface area contributed by atoms with E-state index in [0.29, 0.717) is 15.6 Å². The third-order valence-electron chi connectivity index (χ3n) is 3.02. The van der Waals surface area contributed by atoms with Crippen LogP contribution >= 0.6 is 35.0 Å². The molecule has 1 heterocycles.